The highest BCUT2D eigenvalue weighted by Gasteiger charge is 2.17. The van der Waals surface area contributed by atoms with Gasteiger partial charge in [0, 0.05) is 6.61 Å². The molecule has 0 aromatic rings. The summed E-state index contributed by atoms with van der Waals surface area (Å²) in [6.07, 6.45) is 2.29. The van der Waals surface area contributed by atoms with Crippen LogP contribution in [-0.2, 0) is 4.74 Å². The molecule has 1 saturated heterocycles. The fourth-order valence-electron chi connectivity index (χ4n) is 1.20. The van der Waals surface area contributed by atoms with Crippen molar-refractivity contribution in [3.05, 3.63) is 0 Å². The van der Waals surface area contributed by atoms with Crippen LogP contribution < -0.4 is 0 Å². The molecule has 2 nitrogen and oxygen atoms in total. The number of hydrogen-bond acceptors (Lipinski definition) is 2. The van der Waals surface area contributed by atoms with Crippen LogP contribution in [0.15, 0.2) is 0 Å². The summed E-state index contributed by atoms with van der Waals surface area (Å²) in [5.74, 6) is 0.732. The van der Waals surface area contributed by atoms with Gasteiger partial charge in [-0.05, 0) is 18.8 Å². The second kappa shape index (κ2) is 3.18. The molecule has 0 bridgehead atoms. The summed E-state index contributed by atoms with van der Waals surface area (Å²) >= 11 is 0. The highest BCUT2D eigenvalue weighted by Crippen LogP contribution is 2.18. The van der Waals surface area contributed by atoms with Gasteiger partial charge in [-0.1, -0.05) is 6.92 Å². The third-order valence-electron chi connectivity index (χ3n) is 1.83. The lowest BCUT2D eigenvalue weighted by Gasteiger charge is -2.25. The first-order valence-corrected chi connectivity index (χ1v) is 3.55. The van der Waals surface area contributed by atoms with Gasteiger partial charge < -0.3 is 9.84 Å². The van der Waals surface area contributed by atoms with Gasteiger partial charge in [0.2, 0.25) is 0 Å². The van der Waals surface area contributed by atoms with E-state index in [4.69, 9.17) is 9.84 Å². The molecule has 2 heteroatoms. The van der Waals surface area contributed by atoms with Crippen LogP contribution in [-0.4, -0.2) is 24.4 Å². The maximum absolute atomic E-state index is 8.68. The van der Waals surface area contributed by atoms with Crippen molar-refractivity contribution in [1.82, 2.24) is 0 Å². The van der Waals surface area contributed by atoms with E-state index < -0.39 is 0 Å². The van der Waals surface area contributed by atoms with Crippen LogP contribution in [0.5, 0.6) is 0 Å². The van der Waals surface area contributed by atoms with Crippen molar-refractivity contribution in [2.45, 2.75) is 25.9 Å². The van der Waals surface area contributed by atoms with E-state index in [0.29, 0.717) is 0 Å². The zero-order valence-electron chi connectivity index (χ0n) is 5.84. The summed E-state index contributed by atoms with van der Waals surface area (Å²) in [6, 6.07) is 0. The lowest BCUT2D eigenvalue weighted by Crippen LogP contribution is -2.26. The van der Waals surface area contributed by atoms with Crippen molar-refractivity contribution >= 4 is 0 Å². The third kappa shape index (κ3) is 1.95. The Hall–Kier alpha value is -0.0800. The van der Waals surface area contributed by atoms with Crippen LogP contribution in [0.3, 0.4) is 0 Å². The first-order valence-electron chi connectivity index (χ1n) is 3.55. The molecular formula is C7H14O2. The van der Waals surface area contributed by atoms with Gasteiger partial charge >= 0.3 is 0 Å². The number of aliphatic hydroxyl groups is 1. The van der Waals surface area contributed by atoms with Gasteiger partial charge in [-0.3, -0.25) is 0 Å². The normalized spacial score (nSPS) is 36.7. The van der Waals surface area contributed by atoms with E-state index in [9.17, 15) is 0 Å². The molecule has 0 aromatic carbocycles. The molecule has 0 saturated carbocycles. The van der Waals surface area contributed by atoms with Crippen LogP contribution in [0.2, 0.25) is 0 Å². The molecule has 1 N–H and O–H groups in total. The zero-order valence-corrected chi connectivity index (χ0v) is 5.84. The molecule has 1 fully saturated rings. The summed E-state index contributed by atoms with van der Waals surface area (Å²) in [5.41, 5.74) is 0. The Bertz CT molecular complexity index is 83.0. The summed E-state index contributed by atoms with van der Waals surface area (Å²) in [6.45, 7) is 3.21. The maximum Gasteiger partial charge on any atom is 0.0808 e. The predicted octanol–water partition coefficient (Wildman–Crippen LogP) is 0.794. The summed E-state index contributed by atoms with van der Waals surface area (Å²) < 4.78 is 5.25. The SMILES string of the molecule is C[C@@H]1CCO[C@@H](CO)C1. The minimum Gasteiger partial charge on any atom is -0.394 e. The highest BCUT2D eigenvalue weighted by atomic mass is 16.5. The number of hydrogen-bond donors (Lipinski definition) is 1. The van der Waals surface area contributed by atoms with Crippen LogP contribution in [0.4, 0.5) is 0 Å². The first-order chi connectivity index (χ1) is 4.33. The molecule has 0 radical (unpaired) electrons. The Morgan fingerprint density at radius 3 is 2.89 bits per heavy atom. The van der Waals surface area contributed by atoms with Crippen molar-refractivity contribution in [1.29, 1.82) is 0 Å². The minimum atomic E-state index is 0.119. The summed E-state index contributed by atoms with van der Waals surface area (Å²) in [5, 5.41) is 8.68. The molecule has 0 unspecified atom stereocenters. The molecule has 1 aliphatic heterocycles. The van der Waals surface area contributed by atoms with E-state index in [1.807, 2.05) is 0 Å². The molecule has 54 valence electrons. The quantitative estimate of drug-likeness (QED) is 0.568. The number of ether oxygens (including phenoxy) is 1. The van der Waals surface area contributed by atoms with Gasteiger partial charge in [-0.2, -0.15) is 0 Å². The number of rotatable bonds is 1. The lowest BCUT2D eigenvalue weighted by atomic mass is 9.98. The highest BCUT2D eigenvalue weighted by molar-refractivity contribution is 4.66. The second-order valence-corrected chi connectivity index (χ2v) is 2.80. The van der Waals surface area contributed by atoms with Crippen molar-refractivity contribution in [3.8, 4) is 0 Å². The average Bonchev–Trinajstić information content (AvgIpc) is 1.88. The molecule has 1 heterocycles. The molecule has 1 aliphatic rings. The van der Waals surface area contributed by atoms with Crippen LogP contribution >= 0.6 is 0 Å². The molecule has 1 rings (SSSR count). The molecule has 0 spiro atoms. The van der Waals surface area contributed by atoms with Gasteiger partial charge in [0.25, 0.3) is 0 Å². The van der Waals surface area contributed by atoms with Gasteiger partial charge in [0.05, 0.1) is 12.7 Å². The van der Waals surface area contributed by atoms with E-state index in [1.54, 1.807) is 0 Å². The van der Waals surface area contributed by atoms with Crippen LogP contribution in [0.1, 0.15) is 19.8 Å². The second-order valence-electron chi connectivity index (χ2n) is 2.80. The van der Waals surface area contributed by atoms with E-state index in [1.165, 1.54) is 0 Å². The fraction of sp³-hybridized carbons (Fsp3) is 1.00. The Morgan fingerprint density at radius 1 is 1.67 bits per heavy atom. The summed E-state index contributed by atoms with van der Waals surface area (Å²) in [7, 11) is 0. The third-order valence-corrected chi connectivity index (χ3v) is 1.83. The molecule has 0 aliphatic carbocycles. The van der Waals surface area contributed by atoms with Crippen molar-refractivity contribution in [2.24, 2.45) is 5.92 Å². The largest absolute Gasteiger partial charge is 0.394 e. The van der Waals surface area contributed by atoms with Crippen LogP contribution in [0.25, 0.3) is 0 Å². The van der Waals surface area contributed by atoms with Gasteiger partial charge in [0.1, 0.15) is 0 Å². The van der Waals surface area contributed by atoms with E-state index in [0.717, 1.165) is 25.4 Å². The molecular weight excluding hydrogens is 116 g/mol. The van der Waals surface area contributed by atoms with Gasteiger partial charge in [-0.25, -0.2) is 0 Å². The van der Waals surface area contributed by atoms with E-state index in [2.05, 4.69) is 6.92 Å². The molecule has 0 aromatic heterocycles. The van der Waals surface area contributed by atoms with Gasteiger partial charge in [0.15, 0.2) is 0 Å². The average molecular weight is 130 g/mol. The standard InChI is InChI=1S/C7H14O2/c1-6-2-3-9-7(4-6)5-8/h6-8H,2-5H2,1H3/t6-,7-/m1/s1. The van der Waals surface area contributed by atoms with Crippen molar-refractivity contribution in [2.75, 3.05) is 13.2 Å². The molecule has 9 heavy (non-hydrogen) atoms. The monoisotopic (exact) mass is 130 g/mol. The topological polar surface area (TPSA) is 29.5 Å². The Morgan fingerprint density at radius 2 is 2.44 bits per heavy atom. The Balaban J connectivity index is 2.23. The number of aliphatic hydroxyl groups excluding tert-OH is 1. The van der Waals surface area contributed by atoms with E-state index >= 15 is 0 Å². The van der Waals surface area contributed by atoms with E-state index in [-0.39, 0.29) is 12.7 Å². The lowest BCUT2D eigenvalue weighted by molar-refractivity contribution is -0.0344. The molecule has 0 amide bonds. The fourth-order valence-corrected chi connectivity index (χ4v) is 1.20. The van der Waals surface area contributed by atoms with Crippen molar-refractivity contribution in [3.63, 3.8) is 0 Å². The summed E-state index contributed by atoms with van der Waals surface area (Å²) in [4.78, 5) is 0. The predicted molar refractivity (Wildman–Crippen MR) is 35.2 cm³/mol. The van der Waals surface area contributed by atoms with Gasteiger partial charge in [-0.15, -0.1) is 0 Å². The minimum absolute atomic E-state index is 0.119. The smallest absolute Gasteiger partial charge is 0.0808 e. The van der Waals surface area contributed by atoms with Crippen LogP contribution in [0, 0.1) is 5.92 Å². The maximum atomic E-state index is 8.68. The zero-order chi connectivity index (χ0) is 6.69. The first kappa shape index (κ1) is 7.03. The van der Waals surface area contributed by atoms with Crippen molar-refractivity contribution < 1.29 is 9.84 Å². The Kier molecular flexibility index (Phi) is 2.49. The Labute approximate surface area is 55.8 Å². The molecule has 2 atom stereocenters.